The standard InChI is InChI=1S/C18H17NO2/c1-19(14-8-11-15-9-4-3-5-10-15)17-13-7-6-12-16(17)18(20)21-2/h3-7,9-10,12-13H,14H2,1-2H3. The van der Waals surface area contributed by atoms with Gasteiger partial charge < -0.3 is 9.64 Å². The van der Waals surface area contributed by atoms with Crippen molar-refractivity contribution in [1.82, 2.24) is 0 Å². The van der Waals surface area contributed by atoms with Crippen molar-refractivity contribution < 1.29 is 9.53 Å². The van der Waals surface area contributed by atoms with Crippen LogP contribution in [0.25, 0.3) is 0 Å². The van der Waals surface area contributed by atoms with E-state index < -0.39 is 0 Å². The van der Waals surface area contributed by atoms with Crippen LogP contribution in [-0.4, -0.2) is 26.7 Å². The van der Waals surface area contributed by atoms with Crippen molar-refractivity contribution in [3.63, 3.8) is 0 Å². The molecule has 0 amide bonds. The highest BCUT2D eigenvalue weighted by molar-refractivity contribution is 5.95. The van der Waals surface area contributed by atoms with Crippen molar-refractivity contribution in [2.24, 2.45) is 0 Å². The summed E-state index contributed by atoms with van der Waals surface area (Å²) >= 11 is 0. The molecule has 0 saturated heterocycles. The second-order valence-electron chi connectivity index (χ2n) is 4.53. The Balaban J connectivity index is 2.13. The molecule has 106 valence electrons. The van der Waals surface area contributed by atoms with Gasteiger partial charge in [-0.05, 0) is 24.3 Å². The predicted molar refractivity (Wildman–Crippen MR) is 84.4 cm³/mol. The maximum absolute atomic E-state index is 11.7. The highest BCUT2D eigenvalue weighted by Gasteiger charge is 2.13. The number of esters is 1. The first-order chi connectivity index (χ1) is 10.2. The molecule has 0 aliphatic carbocycles. The van der Waals surface area contributed by atoms with E-state index in [1.165, 1.54) is 7.11 Å². The minimum Gasteiger partial charge on any atom is -0.465 e. The number of hydrogen-bond donors (Lipinski definition) is 0. The molecule has 0 aliphatic rings. The minimum absolute atomic E-state index is 0.339. The fraction of sp³-hybridized carbons (Fsp3) is 0.167. The van der Waals surface area contributed by atoms with Gasteiger partial charge in [0.2, 0.25) is 0 Å². The quantitative estimate of drug-likeness (QED) is 0.639. The van der Waals surface area contributed by atoms with Crippen molar-refractivity contribution in [3.8, 4) is 11.8 Å². The van der Waals surface area contributed by atoms with Gasteiger partial charge in [0, 0.05) is 12.6 Å². The Morgan fingerprint density at radius 2 is 1.76 bits per heavy atom. The van der Waals surface area contributed by atoms with Crippen LogP contribution in [0.5, 0.6) is 0 Å². The molecular formula is C18H17NO2. The molecule has 0 atom stereocenters. The fourth-order valence-corrected chi connectivity index (χ4v) is 1.96. The molecule has 21 heavy (non-hydrogen) atoms. The Kier molecular flexibility index (Phi) is 5.00. The van der Waals surface area contributed by atoms with Gasteiger partial charge in [-0.3, -0.25) is 0 Å². The van der Waals surface area contributed by atoms with E-state index in [1.54, 1.807) is 6.07 Å². The topological polar surface area (TPSA) is 29.5 Å². The van der Waals surface area contributed by atoms with E-state index in [-0.39, 0.29) is 5.97 Å². The van der Waals surface area contributed by atoms with Crippen LogP contribution in [0.1, 0.15) is 15.9 Å². The van der Waals surface area contributed by atoms with Crippen LogP contribution >= 0.6 is 0 Å². The van der Waals surface area contributed by atoms with E-state index in [2.05, 4.69) is 11.8 Å². The van der Waals surface area contributed by atoms with E-state index in [0.717, 1.165) is 11.3 Å². The summed E-state index contributed by atoms with van der Waals surface area (Å²) in [6.45, 7) is 0.531. The van der Waals surface area contributed by atoms with Crippen molar-refractivity contribution in [2.45, 2.75) is 0 Å². The largest absolute Gasteiger partial charge is 0.465 e. The summed E-state index contributed by atoms with van der Waals surface area (Å²) in [5.74, 6) is 5.87. The summed E-state index contributed by atoms with van der Waals surface area (Å²) in [6, 6.07) is 17.2. The second kappa shape index (κ2) is 7.16. The Morgan fingerprint density at radius 1 is 1.10 bits per heavy atom. The SMILES string of the molecule is COC(=O)c1ccccc1N(C)CC#Cc1ccccc1. The zero-order chi connectivity index (χ0) is 15.1. The maximum atomic E-state index is 11.7. The molecule has 0 N–H and O–H groups in total. The van der Waals surface area contributed by atoms with Crippen molar-refractivity contribution in [2.75, 3.05) is 25.6 Å². The van der Waals surface area contributed by atoms with Crippen molar-refractivity contribution in [3.05, 3.63) is 65.7 Å². The van der Waals surface area contributed by atoms with Gasteiger partial charge in [-0.25, -0.2) is 4.79 Å². The number of methoxy groups -OCH3 is 1. The van der Waals surface area contributed by atoms with Crippen molar-refractivity contribution >= 4 is 11.7 Å². The predicted octanol–water partition coefficient (Wildman–Crippen LogP) is 2.96. The van der Waals surface area contributed by atoms with E-state index in [1.807, 2.05) is 60.5 Å². The summed E-state index contributed by atoms with van der Waals surface area (Å²) in [6.07, 6.45) is 0. The molecule has 0 aliphatic heterocycles. The number of ether oxygens (including phenoxy) is 1. The first-order valence-corrected chi connectivity index (χ1v) is 6.65. The third kappa shape index (κ3) is 3.87. The second-order valence-corrected chi connectivity index (χ2v) is 4.53. The number of benzene rings is 2. The molecule has 3 nitrogen and oxygen atoms in total. The smallest absolute Gasteiger partial charge is 0.339 e. The summed E-state index contributed by atoms with van der Waals surface area (Å²) in [7, 11) is 3.29. The molecule has 0 heterocycles. The van der Waals surface area contributed by atoms with Crippen LogP contribution in [0.3, 0.4) is 0 Å². The van der Waals surface area contributed by atoms with Gasteiger partial charge in [0.1, 0.15) is 0 Å². The average Bonchev–Trinajstić information content (AvgIpc) is 2.55. The Hall–Kier alpha value is -2.73. The lowest BCUT2D eigenvalue weighted by Crippen LogP contribution is -2.20. The number of para-hydroxylation sites is 1. The molecule has 0 spiro atoms. The van der Waals surface area contributed by atoms with Gasteiger partial charge in [0.15, 0.2) is 0 Å². The summed E-state index contributed by atoms with van der Waals surface area (Å²) in [5.41, 5.74) is 2.34. The molecule has 0 radical (unpaired) electrons. The monoisotopic (exact) mass is 279 g/mol. The van der Waals surface area contributed by atoms with Crippen LogP contribution in [-0.2, 0) is 4.74 Å². The highest BCUT2D eigenvalue weighted by atomic mass is 16.5. The number of hydrogen-bond acceptors (Lipinski definition) is 3. The first kappa shape index (κ1) is 14.7. The van der Waals surface area contributed by atoms with Crippen molar-refractivity contribution in [1.29, 1.82) is 0 Å². The third-order valence-electron chi connectivity index (χ3n) is 3.04. The summed E-state index contributed by atoms with van der Waals surface area (Å²) in [5, 5.41) is 0. The normalized spacial score (nSPS) is 9.43. The average molecular weight is 279 g/mol. The summed E-state index contributed by atoms with van der Waals surface area (Å²) < 4.78 is 4.80. The fourth-order valence-electron chi connectivity index (χ4n) is 1.96. The molecule has 0 unspecified atom stereocenters. The third-order valence-corrected chi connectivity index (χ3v) is 3.04. The highest BCUT2D eigenvalue weighted by Crippen LogP contribution is 2.19. The molecule has 2 aromatic rings. The van der Waals surface area contributed by atoms with E-state index in [0.29, 0.717) is 12.1 Å². The van der Waals surface area contributed by atoms with E-state index in [4.69, 9.17) is 4.74 Å². The molecular weight excluding hydrogens is 262 g/mol. The van der Waals surface area contributed by atoms with Gasteiger partial charge in [0.05, 0.1) is 24.9 Å². The number of carbonyl (C=O) groups excluding carboxylic acids is 1. The van der Waals surface area contributed by atoms with Crippen LogP contribution in [0, 0.1) is 11.8 Å². The number of rotatable bonds is 3. The maximum Gasteiger partial charge on any atom is 0.339 e. The van der Waals surface area contributed by atoms with Gasteiger partial charge >= 0.3 is 5.97 Å². The van der Waals surface area contributed by atoms with E-state index >= 15 is 0 Å². The molecule has 0 saturated carbocycles. The van der Waals surface area contributed by atoms with Gasteiger partial charge in [0.25, 0.3) is 0 Å². The number of nitrogens with zero attached hydrogens (tertiary/aromatic N) is 1. The van der Waals surface area contributed by atoms with Crippen LogP contribution < -0.4 is 4.90 Å². The Labute approximate surface area is 125 Å². The zero-order valence-electron chi connectivity index (χ0n) is 12.2. The van der Waals surface area contributed by atoms with Crippen LogP contribution in [0.2, 0.25) is 0 Å². The minimum atomic E-state index is -0.339. The Morgan fingerprint density at radius 3 is 2.48 bits per heavy atom. The lowest BCUT2D eigenvalue weighted by atomic mass is 10.1. The summed E-state index contributed by atoms with van der Waals surface area (Å²) in [4.78, 5) is 13.7. The van der Waals surface area contributed by atoms with Crippen LogP contribution in [0.15, 0.2) is 54.6 Å². The molecule has 2 rings (SSSR count). The van der Waals surface area contributed by atoms with Gasteiger partial charge in [-0.1, -0.05) is 42.2 Å². The lowest BCUT2D eigenvalue weighted by Gasteiger charge is -2.18. The molecule has 2 aromatic carbocycles. The lowest BCUT2D eigenvalue weighted by molar-refractivity contribution is 0.0601. The molecule has 3 heteroatoms. The molecule has 0 fully saturated rings. The zero-order valence-corrected chi connectivity index (χ0v) is 12.2. The molecule has 0 aromatic heterocycles. The number of anilines is 1. The van der Waals surface area contributed by atoms with Crippen LogP contribution in [0.4, 0.5) is 5.69 Å². The Bertz CT molecular complexity index is 668. The van der Waals surface area contributed by atoms with Gasteiger partial charge in [-0.2, -0.15) is 0 Å². The van der Waals surface area contributed by atoms with E-state index in [9.17, 15) is 4.79 Å². The van der Waals surface area contributed by atoms with Gasteiger partial charge in [-0.15, -0.1) is 0 Å². The first-order valence-electron chi connectivity index (χ1n) is 6.65. The number of carbonyl (C=O) groups is 1. The molecule has 0 bridgehead atoms.